The second-order valence-electron chi connectivity index (χ2n) is 20.4. The molecule has 0 bridgehead atoms. The van der Waals surface area contributed by atoms with E-state index in [2.05, 4.69) is 141 Å². The molecule has 2 saturated heterocycles. The molecule has 0 saturated carbocycles. The van der Waals surface area contributed by atoms with Gasteiger partial charge in [-0.05, 0) is 96.3 Å². The summed E-state index contributed by atoms with van der Waals surface area (Å²) < 4.78 is 22.6. The Morgan fingerprint density at radius 1 is 0.468 bits per heavy atom. The Kier molecular flexibility index (Phi) is 44.0. The number of ether oxygens (including phenoxy) is 4. The molecule has 12 unspecified atom stereocenters. The van der Waals surface area contributed by atoms with E-state index in [4.69, 9.17) is 18.9 Å². The van der Waals surface area contributed by atoms with Crippen molar-refractivity contribution in [2.45, 2.75) is 248 Å². The van der Waals surface area contributed by atoms with Crippen LogP contribution in [0, 0.1) is 0 Å². The molecular formula is C65H105NO13. The van der Waals surface area contributed by atoms with Gasteiger partial charge in [-0.2, -0.15) is 0 Å². The van der Waals surface area contributed by atoms with Gasteiger partial charge < -0.3 is 65.1 Å². The van der Waals surface area contributed by atoms with Gasteiger partial charge in [-0.25, -0.2) is 0 Å². The molecule has 0 spiro atoms. The van der Waals surface area contributed by atoms with Gasteiger partial charge in [0, 0.05) is 6.42 Å². The standard InChI is InChI=1S/C65H105NO13/c1-3-5-7-9-11-12-13-14-15-16-17-18-19-20-21-22-23-24-25-26-27-28-29-30-31-32-33-34-35-36-37-38-39-40-41-42-43-45-47-49-57(70)66-53(54(69)48-46-44-10-8-6-4-2)52-76-64-62(75)60(73)63(56(51-68)78-64)79-65-61(74)59(72)58(71)55(50-67)77-65/h5,7,11-12,14-15,17-18,20-21,23-24,26-27,29-30,32-33,35-36,46,48,53-56,58-65,67-69,71-75H,3-4,6,8-10,13,16,19,22,25,28,31,34,37-45,47,49-52H2,1-2H3,(H,66,70)/b7-5-,12-11-,15-14-,18-17-,21-20-,24-23-,27-26-,30-29-,33-32-,36-35-,48-46+. The molecule has 2 aliphatic heterocycles. The SMILES string of the molecule is CC/C=C\C/C=C\C/C=C\C/C=C\C/C=C\C/C=C\C/C=C\C/C=C\C/C=C\C/C=C\CCCCCCCCCCC(=O)NC(COC1OC(CO)C(OC2OC(CO)C(O)C(O)C2O)C(O)C1O)C(O)/C=C/CCCCCC. The number of carbonyl (C=O) groups excluding carboxylic acids is 1. The van der Waals surface area contributed by atoms with Gasteiger partial charge in [0.05, 0.1) is 32.0 Å². The highest BCUT2D eigenvalue weighted by Gasteiger charge is 2.51. The second-order valence-corrected chi connectivity index (χ2v) is 20.4. The van der Waals surface area contributed by atoms with Crippen LogP contribution in [0.3, 0.4) is 0 Å². The van der Waals surface area contributed by atoms with Gasteiger partial charge in [0.15, 0.2) is 12.6 Å². The number of aliphatic hydroxyl groups is 8. The van der Waals surface area contributed by atoms with Gasteiger partial charge in [0.25, 0.3) is 0 Å². The highest BCUT2D eigenvalue weighted by atomic mass is 16.7. The zero-order chi connectivity index (χ0) is 57.4. The molecule has 2 fully saturated rings. The molecule has 9 N–H and O–H groups in total. The maximum Gasteiger partial charge on any atom is 0.220 e. The van der Waals surface area contributed by atoms with Gasteiger partial charge in [-0.3, -0.25) is 4.79 Å². The van der Waals surface area contributed by atoms with Crippen molar-refractivity contribution >= 4 is 5.91 Å². The first-order valence-corrected chi connectivity index (χ1v) is 29.9. The lowest BCUT2D eigenvalue weighted by atomic mass is 9.97. The van der Waals surface area contributed by atoms with Gasteiger partial charge in [-0.15, -0.1) is 0 Å². The maximum absolute atomic E-state index is 13.1. The van der Waals surface area contributed by atoms with E-state index in [1.54, 1.807) is 6.08 Å². The van der Waals surface area contributed by atoms with E-state index >= 15 is 0 Å². The largest absolute Gasteiger partial charge is 0.394 e. The van der Waals surface area contributed by atoms with E-state index in [0.717, 1.165) is 128 Å². The Morgan fingerprint density at radius 3 is 1.34 bits per heavy atom. The van der Waals surface area contributed by atoms with Crippen molar-refractivity contribution in [1.82, 2.24) is 5.32 Å². The van der Waals surface area contributed by atoms with Crippen LogP contribution >= 0.6 is 0 Å². The molecule has 2 heterocycles. The van der Waals surface area contributed by atoms with E-state index in [0.29, 0.717) is 6.42 Å². The molecule has 0 aliphatic carbocycles. The van der Waals surface area contributed by atoms with Crippen LogP contribution in [0.1, 0.15) is 174 Å². The van der Waals surface area contributed by atoms with Crippen LogP contribution in [0.5, 0.6) is 0 Å². The predicted octanol–water partition coefficient (Wildman–Crippen LogP) is 10.4. The predicted molar refractivity (Wildman–Crippen MR) is 318 cm³/mol. The maximum atomic E-state index is 13.1. The lowest BCUT2D eigenvalue weighted by molar-refractivity contribution is -0.359. The first kappa shape index (κ1) is 71.2. The van der Waals surface area contributed by atoms with E-state index in [-0.39, 0.29) is 18.9 Å². The van der Waals surface area contributed by atoms with Gasteiger partial charge >= 0.3 is 0 Å². The fourth-order valence-corrected chi connectivity index (χ4v) is 8.79. The van der Waals surface area contributed by atoms with Crippen LogP contribution in [-0.4, -0.2) is 140 Å². The van der Waals surface area contributed by atoms with Crippen molar-refractivity contribution in [2.24, 2.45) is 0 Å². The summed E-state index contributed by atoms with van der Waals surface area (Å²) in [5.74, 6) is -0.261. The molecule has 14 nitrogen and oxygen atoms in total. The summed E-state index contributed by atoms with van der Waals surface area (Å²) in [6, 6.07) is -0.925. The Hall–Kier alpha value is -3.87. The highest BCUT2D eigenvalue weighted by molar-refractivity contribution is 5.76. The first-order chi connectivity index (χ1) is 38.6. The number of rotatable bonds is 45. The molecule has 14 heteroatoms. The number of hydrogen-bond donors (Lipinski definition) is 9. The zero-order valence-electron chi connectivity index (χ0n) is 48.0. The smallest absolute Gasteiger partial charge is 0.220 e. The molecule has 0 aromatic heterocycles. The molecule has 12 atom stereocenters. The monoisotopic (exact) mass is 1110 g/mol. The number of aliphatic hydroxyl groups excluding tert-OH is 8. The third-order valence-corrected chi connectivity index (χ3v) is 13.6. The van der Waals surface area contributed by atoms with Crippen molar-refractivity contribution < 1.29 is 64.6 Å². The first-order valence-electron chi connectivity index (χ1n) is 29.9. The summed E-state index contributed by atoms with van der Waals surface area (Å²) in [7, 11) is 0. The Labute approximate surface area is 475 Å². The van der Waals surface area contributed by atoms with Crippen LogP contribution in [-0.2, 0) is 23.7 Å². The molecule has 79 heavy (non-hydrogen) atoms. The lowest BCUT2D eigenvalue weighted by Crippen LogP contribution is -2.65. The second kappa shape index (κ2) is 48.8. The molecule has 448 valence electrons. The van der Waals surface area contributed by atoms with Crippen molar-refractivity contribution in [3.05, 3.63) is 134 Å². The Morgan fingerprint density at radius 2 is 0.873 bits per heavy atom. The van der Waals surface area contributed by atoms with Crippen LogP contribution in [0.15, 0.2) is 134 Å². The molecule has 2 aliphatic rings. The van der Waals surface area contributed by atoms with Crippen molar-refractivity contribution in [2.75, 3.05) is 19.8 Å². The number of nitrogens with one attached hydrogen (secondary N) is 1. The average molecular weight is 1110 g/mol. The summed E-state index contributed by atoms with van der Waals surface area (Å²) >= 11 is 0. The van der Waals surface area contributed by atoms with Crippen LogP contribution in [0.2, 0.25) is 0 Å². The minimum atomic E-state index is -1.79. The van der Waals surface area contributed by atoms with Gasteiger partial charge in [-0.1, -0.05) is 205 Å². The fourth-order valence-electron chi connectivity index (χ4n) is 8.79. The topological polar surface area (TPSA) is 228 Å². The van der Waals surface area contributed by atoms with Crippen LogP contribution in [0.4, 0.5) is 0 Å². The Bertz CT molecular complexity index is 1830. The van der Waals surface area contributed by atoms with Gasteiger partial charge in [0.2, 0.25) is 5.91 Å². The Balaban J connectivity index is 1.57. The summed E-state index contributed by atoms with van der Waals surface area (Å²) in [4.78, 5) is 13.1. The summed E-state index contributed by atoms with van der Waals surface area (Å²) in [5, 5.41) is 86.5. The van der Waals surface area contributed by atoms with E-state index in [1.807, 2.05) is 6.08 Å². The molecule has 1 amide bonds. The van der Waals surface area contributed by atoms with Gasteiger partial charge in [0.1, 0.15) is 48.8 Å². The molecule has 2 rings (SSSR count). The molecular weight excluding hydrogens is 1000 g/mol. The van der Waals surface area contributed by atoms with Crippen molar-refractivity contribution in [3.63, 3.8) is 0 Å². The highest BCUT2D eigenvalue weighted by Crippen LogP contribution is 2.30. The summed E-state index contributed by atoms with van der Waals surface area (Å²) in [5.41, 5.74) is 0. The third kappa shape index (κ3) is 34.2. The normalized spacial score (nSPS) is 25.4. The minimum absolute atomic E-state index is 0.261. The number of hydrogen-bond acceptors (Lipinski definition) is 13. The van der Waals surface area contributed by atoms with Crippen molar-refractivity contribution in [3.8, 4) is 0 Å². The summed E-state index contributed by atoms with van der Waals surface area (Å²) in [6.45, 7) is 2.55. The number of unbranched alkanes of at least 4 members (excludes halogenated alkanes) is 12. The minimum Gasteiger partial charge on any atom is -0.394 e. The average Bonchev–Trinajstić information content (AvgIpc) is 3.47. The third-order valence-electron chi connectivity index (χ3n) is 13.6. The quantitative estimate of drug-likeness (QED) is 0.0205. The summed E-state index contributed by atoms with van der Waals surface area (Å²) in [6.07, 6.45) is 55.6. The van der Waals surface area contributed by atoms with Crippen LogP contribution in [0.25, 0.3) is 0 Å². The van der Waals surface area contributed by atoms with E-state index < -0.39 is 86.8 Å². The van der Waals surface area contributed by atoms with Crippen LogP contribution < -0.4 is 5.32 Å². The number of carbonyl (C=O) groups is 1. The molecule has 0 aromatic carbocycles. The van der Waals surface area contributed by atoms with Crippen molar-refractivity contribution in [1.29, 1.82) is 0 Å². The van der Waals surface area contributed by atoms with E-state index in [1.165, 1.54) is 19.3 Å². The zero-order valence-corrected chi connectivity index (χ0v) is 48.0. The fraction of sp³-hybridized carbons (Fsp3) is 0.646. The number of amides is 1. The van der Waals surface area contributed by atoms with E-state index in [9.17, 15) is 45.6 Å². The molecule has 0 aromatic rings. The molecule has 0 radical (unpaired) electrons. The number of allylic oxidation sites excluding steroid dienone is 21. The lowest BCUT2D eigenvalue weighted by Gasteiger charge is -2.46.